The minimum Gasteiger partial charge on any atom is -0.497 e. The third-order valence-corrected chi connectivity index (χ3v) is 5.82. The van der Waals surface area contributed by atoms with E-state index >= 15 is 0 Å². The van der Waals surface area contributed by atoms with Crippen LogP contribution in [0.15, 0.2) is 78.9 Å². The molecule has 0 spiro atoms. The van der Waals surface area contributed by atoms with E-state index in [4.69, 9.17) is 4.74 Å². The van der Waals surface area contributed by atoms with Crippen molar-refractivity contribution in [1.82, 2.24) is 15.1 Å². The van der Waals surface area contributed by atoms with Gasteiger partial charge in [0.05, 0.1) is 18.8 Å². The van der Waals surface area contributed by atoms with Crippen molar-refractivity contribution in [3.8, 4) is 17.0 Å². The number of aryl methyl sites for hydroxylation is 1. The molecule has 4 aromatic rings. The molecule has 1 amide bonds. The number of benzene rings is 3. The van der Waals surface area contributed by atoms with E-state index in [0.717, 1.165) is 33.7 Å². The Bertz CT molecular complexity index is 1210. The van der Waals surface area contributed by atoms with Gasteiger partial charge in [-0.05, 0) is 30.2 Å². The van der Waals surface area contributed by atoms with E-state index in [9.17, 15) is 4.79 Å². The second-order valence-electron chi connectivity index (χ2n) is 7.82. The monoisotopic (exact) mass is 409 g/mol. The molecule has 1 aromatic heterocycles. The number of ether oxygens (including phenoxy) is 1. The number of amides is 1. The molecule has 31 heavy (non-hydrogen) atoms. The minimum absolute atomic E-state index is 0.0365. The van der Waals surface area contributed by atoms with Crippen LogP contribution in [-0.2, 0) is 6.54 Å². The maximum absolute atomic E-state index is 13.4. The molecular formula is C26H23N3O2. The van der Waals surface area contributed by atoms with Crippen molar-refractivity contribution in [3.05, 3.63) is 107 Å². The smallest absolute Gasteiger partial charge is 0.273 e. The highest BCUT2D eigenvalue weighted by Crippen LogP contribution is 2.43. The summed E-state index contributed by atoms with van der Waals surface area (Å²) in [6.07, 6.45) is 0. The molecule has 0 aliphatic carbocycles. The number of rotatable bonds is 5. The third-order valence-electron chi connectivity index (χ3n) is 5.82. The summed E-state index contributed by atoms with van der Waals surface area (Å²) >= 11 is 0. The molecule has 5 heteroatoms. The maximum atomic E-state index is 13.4. The van der Waals surface area contributed by atoms with Gasteiger partial charge in [-0.15, -0.1) is 0 Å². The first-order valence-electron chi connectivity index (χ1n) is 10.3. The first-order valence-corrected chi connectivity index (χ1v) is 10.3. The van der Waals surface area contributed by atoms with Crippen molar-refractivity contribution in [1.29, 1.82) is 0 Å². The molecule has 5 rings (SSSR count). The van der Waals surface area contributed by atoms with Crippen LogP contribution in [0.4, 0.5) is 0 Å². The predicted octanol–water partition coefficient (Wildman–Crippen LogP) is 5.14. The number of hydrogen-bond donors (Lipinski definition) is 1. The average Bonchev–Trinajstić information content (AvgIpc) is 3.35. The quantitative estimate of drug-likeness (QED) is 0.497. The highest BCUT2D eigenvalue weighted by Gasteiger charge is 2.42. The van der Waals surface area contributed by atoms with Gasteiger partial charge in [0.2, 0.25) is 0 Å². The van der Waals surface area contributed by atoms with E-state index in [1.807, 2.05) is 47.4 Å². The van der Waals surface area contributed by atoms with Crippen molar-refractivity contribution in [2.24, 2.45) is 0 Å². The van der Waals surface area contributed by atoms with Gasteiger partial charge in [-0.1, -0.05) is 72.3 Å². The summed E-state index contributed by atoms with van der Waals surface area (Å²) in [5.74, 6) is 0.762. The number of carbonyl (C=O) groups excluding carboxylic acids is 1. The largest absolute Gasteiger partial charge is 0.497 e. The van der Waals surface area contributed by atoms with Gasteiger partial charge in [-0.3, -0.25) is 9.89 Å². The molecule has 1 aliphatic heterocycles. The van der Waals surface area contributed by atoms with Crippen LogP contribution in [0, 0.1) is 6.92 Å². The Labute approximate surface area is 181 Å². The van der Waals surface area contributed by atoms with Crippen LogP contribution in [0.2, 0.25) is 0 Å². The molecule has 1 N–H and O–H groups in total. The van der Waals surface area contributed by atoms with Crippen LogP contribution in [0.25, 0.3) is 11.3 Å². The number of aromatic amines is 1. The van der Waals surface area contributed by atoms with Gasteiger partial charge < -0.3 is 9.64 Å². The second kappa shape index (κ2) is 7.76. The van der Waals surface area contributed by atoms with Gasteiger partial charge in [0.15, 0.2) is 0 Å². The Hall–Kier alpha value is -3.86. The van der Waals surface area contributed by atoms with E-state index in [2.05, 4.69) is 53.5 Å². The lowest BCUT2D eigenvalue weighted by atomic mass is 9.95. The maximum Gasteiger partial charge on any atom is 0.273 e. The fraction of sp³-hybridized carbons (Fsp3) is 0.154. The van der Waals surface area contributed by atoms with E-state index < -0.39 is 0 Å². The number of aromatic nitrogens is 2. The Morgan fingerprint density at radius 1 is 0.968 bits per heavy atom. The Kier molecular flexibility index (Phi) is 4.79. The molecule has 1 atom stereocenters. The van der Waals surface area contributed by atoms with E-state index in [0.29, 0.717) is 12.2 Å². The first kappa shape index (κ1) is 19.1. The van der Waals surface area contributed by atoms with E-state index in [-0.39, 0.29) is 11.9 Å². The van der Waals surface area contributed by atoms with Crippen LogP contribution >= 0.6 is 0 Å². The van der Waals surface area contributed by atoms with Gasteiger partial charge in [0, 0.05) is 17.7 Å². The van der Waals surface area contributed by atoms with Crippen LogP contribution in [0.5, 0.6) is 5.75 Å². The Morgan fingerprint density at radius 3 is 2.35 bits per heavy atom. The molecule has 0 radical (unpaired) electrons. The van der Waals surface area contributed by atoms with Crippen LogP contribution < -0.4 is 4.74 Å². The lowest BCUT2D eigenvalue weighted by Gasteiger charge is -2.26. The molecule has 154 valence electrons. The van der Waals surface area contributed by atoms with Gasteiger partial charge in [-0.2, -0.15) is 5.10 Å². The lowest BCUT2D eigenvalue weighted by molar-refractivity contribution is 0.0730. The molecule has 3 aromatic carbocycles. The summed E-state index contributed by atoms with van der Waals surface area (Å²) in [5.41, 5.74) is 6.64. The van der Waals surface area contributed by atoms with Crippen LogP contribution in [0.3, 0.4) is 0 Å². The summed E-state index contributed by atoms with van der Waals surface area (Å²) < 4.78 is 5.27. The summed E-state index contributed by atoms with van der Waals surface area (Å²) in [6, 6.07) is 26.0. The lowest BCUT2D eigenvalue weighted by Crippen LogP contribution is -2.29. The highest BCUT2D eigenvalue weighted by atomic mass is 16.5. The SMILES string of the molecule is COc1ccc(CN2C(=O)c3[nH]nc(-c4ccc(C)cc4)c3C2c2ccccc2)cc1. The number of H-pyrrole nitrogens is 1. The van der Waals surface area contributed by atoms with Gasteiger partial charge in [0.25, 0.3) is 5.91 Å². The molecule has 1 unspecified atom stereocenters. The third kappa shape index (κ3) is 3.38. The topological polar surface area (TPSA) is 58.2 Å². The zero-order chi connectivity index (χ0) is 21.4. The summed E-state index contributed by atoms with van der Waals surface area (Å²) in [4.78, 5) is 15.4. The number of carbonyl (C=O) groups is 1. The van der Waals surface area contributed by atoms with Crippen molar-refractivity contribution in [2.75, 3.05) is 7.11 Å². The molecule has 0 saturated carbocycles. The number of nitrogens with one attached hydrogen (secondary N) is 1. The number of fused-ring (bicyclic) bond motifs is 1. The molecule has 2 heterocycles. The number of nitrogens with zero attached hydrogens (tertiary/aromatic N) is 2. The summed E-state index contributed by atoms with van der Waals surface area (Å²) in [5, 5.41) is 7.56. The average molecular weight is 409 g/mol. The van der Waals surface area contributed by atoms with Gasteiger partial charge in [0.1, 0.15) is 11.4 Å². The number of methoxy groups -OCH3 is 1. The zero-order valence-electron chi connectivity index (χ0n) is 17.5. The predicted molar refractivity (Wildman–Crippen MR) is 120 cm³/mol. The molecule has 1 aliphatic rings. The van der Waals surface area contributed by atoms with Crippen LogP contribution in [0.1, 0.15) is 38.8 Å². The minimum atomic E-state index is -0.208. The van der Waals surface area contributed by atoms with Crippen LogP contribution in [-0.4, -0.2) is 28.1 Å². The molecule has 0 fully saturated rings. The normalized spacial score (nSPS) is 15.2. The number of hydrogen-bond acceptors (Lipinski definition) is 3. The standard InChI is InChI=1S/C26H23N3O2/c1-17-8-12-19(13-9-17)23-22-24(28-27-23)26(30)29(25(22)20-6-4-3-5-7-20)16-18-10-14-21(31-2)15-11-18/h3-15,25H,16H2,1-2H3,(H,27,28). The summed E-state index contributed by atoms with van der Waals surface area (Å²) in [7, 11) is 1.65. The first-order chi connectivity index (χ1) is 15.2. The van der Waals surface area contributed by atoms with Gasteiger partial charge >= 0.3 is 0 Å². The van der Waals surface area contributed by atoms with Gasteiger partial charge in [-0.25, -0.2) is 0 Å². The Balaban J connectivity index is 1.60. The van der Waals surface area contributed by atoms with Crippen molar-refractivity contribution in [2.45, 2.75) is 19.5 Å². The van der Waals surface area contributed by atoms with Crippen molar-refractivity contribution < 1.29 is 9.53 Å². The molecular weight excluding hydrogens is 386 g/mol. The van der Waals surface area contributed by atoms with Crippen molar-refractivity contribution in [3.63, 3.8) is 0 Å². The fourth-order valence-electron chi connectivity index (χ4n) is 4.20. The molecule has 0 bridgehead atoms. The van der Waals surface area contributed by atoms with Crippen molar-refractivity contribution >= 4 is 5.91 Å². The molecule has 0 saturated heterocycles. The fourth-order valence-corrected chi connectivity index (χ4v) is 4.20. The Morgan fingerprint density at radius 2 is 1.68 bits per heavy atom. The zero-order valence-corrected chi connectivity index (χ0v) is 17.5. The second-order valence-corrected chi connectivity index (χ2v) is 7.82. The molecule has 5 nitrogen and oxygen atoms in total. The van der Waals surface area contributed by atoms with E-state index in [1.165, 1.54) is 5.56 Å². The summed E-state index contributed by atoms with van der Waals surface area (Å²) in [6.45, 7) is 2.56. The van der Waals surface area contributed by atoms with E-state index in [1.54, 1.807) is 7.11 Å². The highest BCUT2D eigenvalue weighted by molar-refractivity contribution is 6.00.